The lowest BCUT2D eigenvalue weighted by Gasteiger charge is -2.19. The van der Waals surface area contributed by atoms with Crippen molar-refractivity contribution in [2.24, 2.45) is 0 Å². The Hall–Kier alpha value is -2.81. The number of rotatable bonds is 7. The number of non-ortho nitro benzene ring substituents is 1. The van der Waals surface area contributed by atoms with Gasteiger partial charge in [-0.3, -0.25) is 19.8 Å². The summed E-state index contributed by atoms with van der Waals surface area (Å²) in [5.74, 6) is -0.576. The molecule has 1 heterocycles. The Balaban J connectivity index is 1.79. The van der Waals surface area contributed by atoms with Crippen molar-refractivity contribution < 1.29 is 19.2 Å². The maximum absolute atomic E-state index is 12.9. The second kappa shape index (κ2) is 7.83. The molecule has 9 heteroatoms. The zero-order valence-electron chi connectivity index (χ0n) is 15.0. The van der Waals surface area contributed by atoms with Crippen LogP contribution in [0.15, 0.2) is 24.3 Å². The number of anilines is 1. The molecule has 142 valence electrons. The molecule has 1 aromatic carbocycles. The first-order valence-electron chi connectivity index (χ1n) is 8.60. The molecule has 0 N–H and O–H groups in total. The Kier molecular flexibility index (Phi) is 5.50. The molecule has 0 atom stereocenters. The number of amides is 1. The van der Waals surface area contributed by atoms with Crippen molar-refractivity contribution in [1.82, 2.24) is 4.98 Å². The molecule has 1 amide bonds. The summed E-state index contributed by atoms with van der Waals surface area (Å²) in [6.07, 6.45) is 1.89. The monoisotopic (exact) mass is 389 g/mol. The highest BCUT2D eigenvalue weighted by atomic mass is 32.1. The Labute approximate surface area is 159 Å². The molecule has 8 nitrogen and oxygen atoms in total. The van der Waals surface area contributed by atoms with Crippen LogP contribution in [0.4, 0.5) is 10.8 Å². The number of carbonyl (C=O) groups excluding carboxylic acids is 2. The Morgan fingerprint density at radius 3 is 2.56 bits per heavy atom. The number of aromatic nitrogens is 1. The standard InChI is InChI=1S/C18H19N3O5S/c1-3-26-17(23)16-11(2)19-18(27-16)20(13-8-9-13)15(22)10-12-4-6-14(7-5-12)21(24)25/h4-7,13H,3,8-10H2,1-2H3. The highest BCUT2D eigenvalue weighted by Crippen LogP contribution is 2.36. The average Bonchev–Trinajstić information content (AvgIpc) is 3.37. The lowest BCUT2D eigenvalue weighted by molar-refractivity contribution is -0.384. The van der Waals surface area contributed by atoms with Gasteiger partial charge in [-0.1, -0.05) is 23.5 Å². The molecule has 0 radical (unpaired) electrons. The van der Waals surface area contributed by atoms with E-state index < -0.39 is 10.9 Å². The number of hydrogen-bond donors (Lipinski definition) is 0. The van der Waals surface area contributed by atoms with E-state index in [2.05, 4.69) is 4.98 Å². The topological polar surface area (TPSA) is 103 Å². The van der Waals surface area contributed by atoms with E-state index in [0.29, 0.717) is 21.3 Å². The van der Waals surface area contributed by atoms with Crippen molar-refractivity contribution >= 4 is 34.0 Å². The van der Waals surface area contributed by atoms with E-state index in [1.165, 1.54) is 12.1 Å². The molecule has 3 rings (SSSR count). The number of esters is 1. The fourth-order valence-corrected chi connectivity index (χ4v) is 3.72. The number of benzene rings is 1. The third-order valence-corrected chi connectivity index (χ3v) is 5.27. The van der Waals surface area contributed by atoms with Crippen molar-refractivity contribution in [3.8, 4) is 0 Å². The SMILES string of the molecule is CCOC(=O)c1sc(N(C(=O)Cc2ccc([N+](=O)[O-])cc2)C2CC2)nc1C. The summed E-state index contributed by atoms with van der Waals surface area (Å²) in [7, 11) is 0. The lowest BCUT2D eigenvalue weighted by atomic mass is 10.1. The van der Waals surface area contributed by atoms with Crippen LogP contribution in [0.25, 0.3) is 0 Å². The summed E-state index contributed by atoms with van der Waals surface area (Å²) >= 11 is 1.16. The first-order valence-corrected chi connectivity index (χ1v) is 9.42. The molecular weight excluding hydrogens is 370 g/mol. The van der Waals surface area contributed by atoms with Crippen LogP contribution in [0.3, 0.4) is 0 Å². The van der Waals surface area contributed by atoms with Crippen molar-refractivity contribution in [2.45, 2.75) is 39.2 Å². The number of nitrogens with zero attached hydrogens (tertiary/aromatic N) is 3. The average molecular weight is 389 g/mol. The quantitative estimate of drug-likeness (QED) is 0.409. The molecule has 0 spiro atoms. The van der Waals surface area contributed by atoms with Crippen molar-refractivity contribution in [3.05, 3.63) is 50.5 Å². The molecule has 1 saturated carbocycles. The van der Waals surface area contributed by atoms with E-state index >= 15 is 0 Å². The normalized spacial score (nSPS) is 13.3. The van der Waals surface area contributed by atoms with Gasteiger partial charge in [0.05, 0.1) is 23.6 Å². The van der Waals surface area contributed by atoms with Gasteiger partial charge in [0.25, 0.3) is 5.69 Å². The van der Waals surface area contributed by atoms with E-state index in [1.807, 2.05) is 0 Å². The molecule has 27 heavy (non-hydrogen) atoms. The first-order chi connectivity index (χ1) is 12.9. The fourth-order valence-electron chi connectivity index (χ4n) is 2.67. The minimum absolute atomic E-state index is 0.0140. The number of nitro benzene ring substituents is 1. The van der Waals surface area contributed by atoms with E-state index in [0.717, 1.165) is 24.2 Å². The Bertz CT molecular complexity index is 874. The second-order valence-electron chi connectivity index (χ2n) is 6.23. The maximum Gasteiger partial charge on any atom is 0.350 e. The minimum Gasteiger partial charge on any atom is -0.462 e. The molecule has 0 bridgehead atoms. The highest BCUT2D eigenvalue weighted by molar-refractivity contribution is 7.17. The van der Waals surface area contributed by atoms with Crippen LogP contribution in [0, 0.1) is 17.0 Å². The van der Waals surface area contributed by atoms with Gasteiger partial charge in [-0.15, -0.1) is 0 Å². The smallest absolute Gasteiger partial charge is 0.350 e. The van der Waals surface area contributed by atoms with Gasteiger partial charge in [0.2, 0.25) is 5.91 Å². The van der Waals surface area contributed by atoms with Crippen LogP contribution in [0.2, 0.25) is 0 Å². The largest absolute Gasteiger partial charge is 0.462 e. The van der Waals surface area contributed by atoms with E-state index in [1.54, 1.807) is 30.9 Å². The zero-order chi connectivity index (χ0) is 19.6. The van der Waals surface area contributed by atoms with Gasteiger partial charge in [-0.05, 0) is 32.3 Å². The zero-order valence-corrected chi connectivity index (χ0v) is 15.8. The molecule has 0 saturated heterocycles. The summed E-state index contributed by atoms with van der Waals surface area (Å²) in [4.78, 5) is 41.6. The molecule has 1 aliphatic carbocycles. The number of thiazole rings is 1. The molecule has 2 aromatic rings. The van der Waals surface area contributed by atoms with Gasteiger partial charge in [-0.2, -0.15) is 0 Å². The summed E-state index contributed by atoms with van der Waals surface area (Å²) in [6, 6.07) is 6.01. The van der Waals surface area contributed by atoms with Crippen molar-refractivity contribution in [1.29, 1.82) is 0 Å². The minimum atomic E-state index is -0.475. The fraction of sp³-hybridized carbons (Fsp3) is 0.389. The Morgan fingerprint density at radius 2 is 2.00 bits per heavy atom. The molecule has 0 unspecified atom stereocenters. The van der Waals surface area contributed by atoms with Gasteiger partial charge in [-0.25, -0.2) is 9.78 Å². The molecule has 1 aliphatic rings. The summed E-state index contributed by atoms with van der Waals surface area (Å²) < 4.78 is 5.04. The summed E-state index contributed by atoms with van der Waals surface area (Å²) in [5, 5.41) is 11.2. The van der Waals surface area contributed by atoms with Gasteiger partial charge in [0.1, 0.15) is 4.88 Å². The first kappa shape index (κ1) is 19.0. The van der Waals surface area contributed by atoms with Gasteiger partial charge < -0.3 is 4.74 Å². The number of aryl methyl sites for hydroxylation is 1. The van der Waals surface area contributed by atoms with Crippen LogP contribution in [0.1, 0.15) is 40.7 Å². The number of ether oxygens (including phenoxy) is 1. The number of nitro groups is 1. The predicted molar refractivity (Wildman–Crippen MR) is 100 cm³/mol. The second-order valence-corrected chi connectivity index (χ2v) is 7.20. The van der Waals surface area contributed by atoms with Crippen molar-refractivity contribution in [2.75, 3.05) is 11.5 Å². The van der Waals surface area contributed by atoms with Crippen LogP contribution in [-0.4, -0.2) is 34.4 Å². The van der Waals surface area contributed by atoms with Gasteiger partial charge >= 0.3 is 5.97 Å². The van der Waals surface area contributed by atoms with Crippen LogP contribution in [-0.2, 0) is 16.0 Å². The number of hydrogen-bond acceptors (Lipinski definition) is 7. The van der Waals surface area contributed by atoms with E-state index in [-0.39, 0.29) is 30.7 Å². The van der Waals surface area contributed by atoms with Crippen molar-refractivity contribution in [3.63, 3.8) is 0 Å². The lowest BCUT2D eigenvalue weighted by Crippen LogP contribution is -2.34. The third-order valence-electron chi connectivity index (χ3n) is 4.14. The van der Waals surface area contributed by atoms with E-state index in [4.69, 9.17) is 4.74 Å². The Morgan fingerprint density at radius 1 is 1.33 bits per heavy atom. The van der Waals surface area contributed by atoms with Gasteiger partial charge in [0.15, 0.2) is 5.13 Å². The summed E-state index contributed by atoms with van der Waals surface area (Å²) in [6.45, 7) is 3.73. The third kappa shape index (κ3) is 4.30. The molecular formula is C18H19N3O5S. The molecule has 1 aromatic heterocycles. The molecule has 0 aliphatic heterocycles. The van der Waals surface area contributed by atoms with Crippen LogP contribution >= 0.6 is 11.3 Å². The highest BCUT2D eigenvalue weighted by Gasteiger charge is 2.36. The summed E-state index contributed by atoms with van der Waals surface area (Å²) in [5.41, 5.74) is 1.22. The number of carbonyl (C=O) groups is 2. The van der Waals surface area contributed by atoms with E-state index in [9.17, 15) is 19.7 Å². The van der Waals surface area contributed by atoms with Gasteiger partial charge in [0, 0.05) is 18.2 Å². The molecule has 1 fully saturated rings. The van der Waals surface area contributed by atoms with Crippen LogP contribution in [0.5, 0.6) is 0 Å². The van der Waals surface area contributed by atoms with Crippen LogP contribution < -0.4 is 4.90 Å². The predicted octanol–water partition coefficient (Wildman–Crippen LogP) is 3.27. The maximum atomic E-state index is 12.9.